The molecule has 0 unspecified atom stereocenters. The summed E-state index contributed by atoms with van der Waals surface area (Å²) in [4.78, 5) is 11.4. The molecule has 1 aromatic rings. The molecular formula is C12H18ClN3O3. The summed E-state index contributed by atoms with van der Waals surface area (Å²) < 4.78 is 0.506. The highest BCUT2D eigenvalue weighted by molar-refractivity contribution is 5.85. The van der Waals surface area contributed by atoms with E-state index in [0.717, 1.165) is 0 Å². The summed E-state index contributed by atoms with van der Waals surface area (Å²) in [6.07, 6.45) is 1.32. The molecule has 0 aliphatic heterocycles. The van der Waals surface area contributed by atoms with Crippen molar-refractivity contribution < 1.29 is 31.9 Å². The van der Waals surface area contributed by atoms with Crippen LogP contribution in [0, 0.1) is 0 Å². The zero-order valence-electron chi connectivity index (χ0n) is 11.1. The fourth-order valence-corrected chi connectivity index (χ4v) is 1.28. The number of hydrogen-bond donors (Lipinski definition) is 3. The summed E-state index contributed by atoms with van der Waals surface area (Å²) in [5.74, 6) is -0.338. The fraction of sp³-hybridized carbons (Fsp3) is 0.333. The number of nitrogens with zero attached hydrogens (tertiary/aromatic N) is 2. The van der Waals surface area contributed by atoms with Crippen molar-refractivity contribution in [3.05, 3.63) is 23.8 Å². The normalized spacial score (nSPS) is 11.1. The minimum atomic E-state index is -0.211. The Morgan fingerprint density at radius 2 is 2.00 bits per heavy atom. The number of aromatic hydroxyl groups is 2. The monoisotopic (exact) mass is 287 g/mol. The maximum atomic E-state index is 11.4. The van der Waals surface area contributed by atoms with E-state index in [2.05, 4.69) is 10.5 Å². The van der Waals surface area contributed by atoms with E-state index in [0.29, 0.717) is 16.6 Å². The van der Waals surface area contributed by atoms with Gasteiger partial charge in [-0.25, -0.2) is 5.43 Å². The highest BCUT2D eigenvalue weighted by Gasteiger charge is 2.13. The highest BCUT2D eigenvalue weighted by atomic mass is 35.5. The van der Waals surface area contributed by atoms with Gasteiger partial charge in [-0.3, -0.25) is 4.79 Å². The molecule has 0 fully saturated rings. The zero-order chi connectivity index (χ0) is 13.8. The molecule has 0 aliphatic rings. The minimum absolute atomic E-state index is 0. The first-order valence-electron chi connectivity index (χ1n) is 5.42. The number of quaternary nitrogens is 1. The summed E-state index contributed by atoms with van der Waals surface area (Å²) in [7, 11) is 5.69. The second kappa shape index (κ2) is 6.96. The Bertz CT molecular complexity index is 470. The van der Waals surface area contributed by atoms with Crippen LogP contribution in [0.25, 0.3) is 0 Å². The summed E-state index contributed by atoms with van der Waals surface area (Å²) in [6.45, 7) is 0.304. The molecule has 0 aliphatic carbocycles. The number of halogens is 1. The number of hydrazone groups is 1. The summed E-state index contributed by atoms with van der Waals surface area (Å²) in [6, 6.07) is 4.13. The molecule has 1 rings (SSSR count). The molecule has 7 heteroatoms. The third-order valence-corrected chi connectivity index (χ3v) is 2.02. The quantitative estimate of drug-likeness (QED) is 0.319. The molecule has 0 spiro atoms. The van der Waals surface area contributed by atoms with E-state index >= 15 is 0 Å². The SMILES string of the molecule is C[N+](C)(C)CC(=O)NN=Cc1ccc(O)cc1O.[Cl-]. The predicted molar refractivity (Wildman–Crippen MR) is 68.4 cm³/mol. The summed E-state index contributed by atoms with van der Waals surface area (Å²) in [5, 5.41) is 22.3. The molecule has 0 aromatic heterocycles. The average Bonchev–Trinajstić information content (AvgIpc) is 2.18. The number of phenolic OH excluding ortho intramolecular Hbond substituents is 2. The molecule has 0 radical (unpaired) electrons. The highest BCUT2D eigenvalue weighted by Crippen LogP contribution is 2.20. The Hall–Kier alpha value is -1.79. The molecule has 0 bridgehead atoms. The van der Waals surface area contributed by atoms with Gasteiger partial charge in [-0.1, -0.05) is 0 Å². The van der Waals surface area contributed by atoms with Gasteiger partial charge in [-0.15, -0.1) is 0 Å². The molecule has 6 nitrogen and oxygen atoms in total. The third kappa shape index (κ3) is 6.64. The third-order valence-electron chi connectivity index (χ3n) is 2.02. The van der Waals surface area contributed by atoms with Gasteiger partial charge in [0.2, 0.25) is 0 Å². The van der Waals surface area contributed by atoms with Crippen LogP contribution in [-0.4, -0.2) is 54.5 Å². The lowest BCUT2D eigenvalue weighted by molar-refractivity contribution is -0.862. The van der Waals surface area contributed by atoms with Crippen molar-refractivity contribution in [2.24, 2.45) is 5.10 Å². The van der Waals surface area contributed by atoms with Gasteiger partial charge >= 0.3 is 0 Å². The maximum Gasteiger partial charge on any atom is 0.295 e. The van der Waals surface area contributed by atoms with Gasteiger partial charge < -0.3 is 27.1 Å². The van der Waals surface area contributed by atoms with E-state index in [1.807, 2.05) is 21.1 Å². The number of likely N-dealkylation sites (N-methyl/N-ethyl adjacent to an activating group) is 1. The van der Waals surface area contributed by atoms with Gasteiger partial charge in [-0.05, 0) is 12.1 Å². The summed E-state index contributed by atoms with van der Waals surface area (Å²) >= 11 is 0. The van der Waals surface area contributed by atoms with Crippen molar-refractivity contribution in [3.63, 3.8) is 0 Å². The number of carbonyl (C=O) groups excluding carboxylic acids is 1. The summed E-state index contributed by atoms with van der Waals surface area (Å²) in [5.41, 5.74) is 2.79. The van der Waals surface area contributed by atoms with Crippen LogP contribution in [0.5, 0.6) is 11.5 Å². The van der Waals surface area contributed by atoms with Gasteiger partial charge in [-0.2, -0.15) is 5.10 Å². The van der Waals surface area contributed by atoms with E-state index in [1.54, 1.807) is 0 Å². The first-order chi connectivity index (χ1) is 8.28. The molecule has 3 N–H and O–H groups in total. The zero-order valence-corrected chi connectivity index (χ0v) is 11.8. The van der Waals surface area contributed by atoms with Crippen LogP contribution in [0.2, 0.25) is 0 Å². The Morgan fingerprint density at radius 1 is 1.37 bits per heavy atom. The minimum Gasteiger partial charge on any atom is -1.00 e. The molecule has 0 atom stereocenters. The van der Waals surface area contributed by atoms with Gasteiger partial charge in [0.25, 0.3) is 5.91 Å². The van der Waals surface area contributed by atoms with Gasteiger partial charge in [0.1, 0.15) is 11.5 Å². The van der Waals surface area contributed by atoms with Crippen molar-refractivity contribution in [2.45, 2.75) is 0 Å². The van der Waals surface area contributed by atoms with Crippen molar-refractivity contribution in [3.8, 4) is 11.5 Å². The Labute approximate surface area is 118 Å². The van der Waals surface area contributed by atoms with E-state index in [1.165, 1.54) is 24.4 Å². The van der Waals surface area contributed by atoms with E-state index in [-0.39, 0.29) is 29.8 Å². The molecule has 0 heterocycles. The first-order valence-corrected chi connectivity index (χ1v) is 5.42. The predicted octanol–water partition coefficient (Wildman–Crippen LogP) is -2.74. The number of phenols is 2. The molecular weight excluding hydrogens is 270 g/mol. The molecule has 0 saturated heterocycles. The molecule has 1 amide bonds. The Balaban J connectivity index is 0.00000324. The van der Waals surface area contributed by atoms with Gasteiger partial charge in [0, 0.05) is 11.6 Å². The molecule has 19 heavy (non-hydrogen) atoms. The van der Waals surface area contributed by atoms with E-state index < -0.39 is 0 Å². The van der Waals surface area contributed by atoms with Crippen molar-refractivity contribution in [1.82, 2.24) is 5.43 Å². The largest absolute Gasteiger partial charge is 1.00 e. The van der Waals surface area contributed by atoms with Crippen molar-refractivity contribution >= 4 is 12.1 Å². The van der Waals surface area contributed by atoms with Gasteiger partial charge in [0.15, 0.2) is 6.54 Å². The standard InChI is InChI=1S/C12H17N3O3.ClH/c1-15(2,3)8-12(18)14-13-7-9-4-5-10(16)6-11(9)17;/h4-7H,8H2,1-3H3,(H2-,13,14,16,17,18);1H. The lowest BCUT2D eigenvalue weighted by atomic mass is 10.2. The lowest BCUT2D eigenvalue weighted by Crippen LogP contribution is -3.00. The number of benzene rings is 1. The van der Waals surface area contributed by atoms with Crippen LogP contribution in [0.1, 0.15) is 5.56 Å². The fourth-order valence-electron chi connectivity index (χ4n) is 1.28. The van der Waals surface area contributed by atoms with Crippen LogP contribution in [-0.2, 0) is 4.79 Å². The number of nitrogens with one attached hydrogen (secondary N) is 1. The number of rotatable bonds is 4. The maximum absolute atomic E-state index is 11.4. The molecule has 0 saturated carbocycles. The topological polar surface area (TPSA) is 81.9 Å². The first kappa shape index (κ1) is 17.2. The number of carbonyl (C=O) groups is 1. The Morgan fingerprint density at radius 3 is 2.53 bits per heavy atom. The smallest absolute Gasteiger partial charge is 0.295 e. The Kier molecular flexibility index (Phi) is 6.31. The second-order valence-corrected chi connectivity index (χ2v) is 4.98. The van der Waals surface area contributed by atoms with Crippen molar-refractivity contribution in [2.75, 3.05) is 27.7 Å². The lowest BCUT2D eigenvalue weighted by Gasteiger charge is -2.21. The van der Waals surface area contributed by atoms with Crippen LogP contribution >= 0.6 is 0 Å². The number of amides is 1. The van der Waals surface area contributed by atoms with E-state index in [9.17, 15) is 9.90 Å². The van der Waals surface area contributed by atoms with Crippen LogP contribution in [0.15, 0.2) is 23.3 Å². The number of hydrogen-bond acceptors (Lipinski definition) is 4. The second-order valence-electron chi connectivity index (χ2n) is 4.98. The van der Waals surface area contributed by atoms with Crippen LogP contribution in [0.3, 0.4) is 0 Å². The average molecular weight is 288 g/mol. The van der Waals surface area contributed by atoms with Crippen molar-refractivity contribution in [1.29, 1.82) is 0 Å². The van der Waals surface area contributed by atoms with Gasteiger partial charge in [0.05, 0.1) is 27.4 Å². The molecule has 1 aromatic carbocycles. The van der Waals surface area contributed by atoms with Crippen LogP contribution in [0.4, 0.5) is 0 Å². The van der Waals surface area contributed by atoms with Crippen LogP contribution < -0.4 is 17.8 Å². The van der Waals surface area contributed by atoms with E-state index in [4.69, 9.17) is 5.11 Å². The molecule has 106 valence electrons.